The summed E-state index contributed by atoms with van der Waals surface area (Å²) in [6, 6.07) is 8.82. The Hall–Kier alpha value is -3.04. The second kappa shape index (κ2) is 10.1. The molecule has 0 radical (unpaired) electrons. The molecule has 2 aromatic rings. The van der Waals surface area contributed by atoms with Gasteiger partial charge in [0.25, 0.3) is 0 Å². The quantitative estimate of drug-likeness (QED) is 0.708. The van der Waals surface area contributed by atoms with Gasteiger partial charge >= 0.3 is 6.09 Å². The Morgan fingerprint density at radius 2 is 2.03 bits per heavy atom. The van der Waals surface area contributed by atoms with E-state index in [1.807, 2.05) is 17.0 Å². The van der Waals surface area contributed by atoms with Crippen LogP contribution in [0.15, 0.2) is 42.7 Å². The number of hydrogen-bond acceptors (Lipinski definition) is 7. The van der Waals surface area contributed by atoms with Gasteiger partial charge < -0.3 is 14.4 Å². The Labute approximate surface area is 186 Å². The van der Waals surface area contributed by atoms with Gasteiger partial charge in [0.1, 0.15) is 17.7 Å². The van der Waals surface area contributed by atoms with Crippen molar-refractivity contribution in [3.63, 3.8) is 0 Å². The van der Waals surface area contributed by atoms with E-state index < -0.39 is 6.09 Å². The largest absolute Gasteiger partial charge is 0.444 e. The number of carbonyl (C=O) groups is 2. The molecular formula is C23H28FN5O3. The number of hydrazine groups is 1. The van der Waals surface area contributed by atoms with E-state index in [1.165, 1.54) is 17.9 Å². The van der Waals surface area contributed by atoms with Crippen molar-refractivity contribution < 1.29 is 18.7 Å². The van der Waals surface area contributed by atoms with Crippen molar-refractivity contribution in [3.8, 4) is 0 Å². The highest BCUT2D eigenvalue weighted by molar-refractivity contribution is 5.90. The summed E-state index contributed by atoms with van der Waals surface area (Å²) in [5, 5.41) is 2.13. The van der Waals surface area contributed by atoms with E-state index in [0.717, 1.165) is 18.7 Å². The maximum Gasteiger partial charge on any atom is 0.414 e. The maximum absolute atomic E-state index is 15.0. The molecular weight excluding hydrogens is 413 g/mol. The third kappa shape index (κ3) is 5.41. The molecule has 0 bridgehead atoms. The molecule has 1 aromatic heterocycles. The average Bonchev–Trinajstić information content (AvgIpc) is 3.00. The number of cyclic esters (lactones) is 1. The molecule has 8 nitrogen and oxygen atoms in total. The van der Waals surface area contributed by atoms with Gasteiger partial charge in [0.05, 0.1) is 17.9 Å². The lowest BCUT2D eigenvalue weighted by Crippen LogP contribution is -2.38. The molecule has 2 fully saturated rings. The Kier molecular flexibility index (Phi) is 6.96. The van der Waals surface area contributed by atoms with Crippen molar-refractivity contribution in [2.75, 3.05) is 42.5 Å². The Morgan fingerprint density at radius 3 is 2.78 bits per heavy atom. The van der Waals surface area contributed by atoms with Crippen LogP contribution in [-0.4, -0.2) is 60.7 Å². The first-order valence-corrected chi connectivity index (χ1v) is 10.9. The predicted octanol–water partition coefficient (Wildman–Crippen LogP) is 2.74. The molecule has 170 valence electrons. The molecule has 3 heterocycles. The highest BCUT2D eigenvalue weighted by Crippen LogP contribution is 2.29. The van der Waals surface area contributed by atoms with Crippen LogP contribution in [0.1, 0.15) is 25.3 Å². The minimum absolute atomic E-state index is 0.0566. The summed E-state index contributed by atoms with van der Waals surface area (Å²) in [7, 11) is 0. The second-order valence-corrected chi connectivity index (χ2v) is 8.16. The van der Waals surface area contributed by atoms with Crippen LogP contribution in [0.5, 0.6) is 0 Å². The molecule has 0 unspecified atom stereocenters. The van der Waals surface area contributed by atoms with Crippen LogP contribution in [-0.2, 0) is 16.1 Å². The number of nitrogens with zero attached hydrogens (tertiary/aromatic N) is 4. The van der Waals surface area contributed by atoms with Crippen LogP contribution in [0.25, 0.3) is 0 Å². The molecule has 0 aliphatic carbocycles. The van der Waals surface area contributed by atoms with E-state index in [-0.39, 0.29) is 17.7 Å². The molecule has 1 amide bonds. The summed E-state index contributed by atoms with van der Waals surface area (Å²) in [6.07, 6.45) is 3.54. The number of pyridine rings is 1. The van der Waals surface area contributed by atoms with E-state index in [4.69, 9.17) is 4.74 Å². The van der Waals surface area contributed by atoms with Crippen molar-refractivity contribution in [1.29, 1.82) is 0 Å². The molecule has 0 spiro atoms. The van der Waals surface area contributed by atoms with Crippen LogP contribution in [0.3, 0.4) is 0 Å². The monoisotopic (exact) mass is 441 g/mol. The minimum Gasteiger partial charge on any atom is -0.444 e. The van der Waals surface area contributed by atoms with Crippen molar-refractivity contribution in [2.45, 2.75) is 32.4 Å². The van der Waals surface area contributed by atoms with Crippen molar-refractivity contribution >= 4 is 23.3 Å². The zero-order valence-electron chi connectivity index (χ0n) is 18.2. The molecule has 4 rings (SSSR count). The summed E-state index contributed by atoms with van der Waals surface area (Å²) in [4.78, 5) is 30.9. The number of hydrogen-bond donors (Lipinski definition) is 1. The molecule has 2 aliphatic heterocycles. The third-order valence-electron chi connectivity index (χ3n) is 5.76. The van der Waals surface area contributed by atoms with Crippen molar-refractivity contribution in [3.05, 3.63) is 54.1 Å². The lowest BCUT2D eigenvalue weighted by Gasteiger charge is -2.24. The number of anilines is 2. The van der Waals surface area contributed by atoms with Crippen LogP contribution in [0, 0.1) is 5.82 Å². The SMILES string of the molecule is CC(=O)CC[C@H]1CN(c2ccc(N3CCNN(Cc4ccncc4)CC3)c(F)c2)C(=O)O1. The Morgan fingerprint density at radius 1 is 1.22 bits per heavy atom. The maximum atomic E-state index is 15.0. The van der Waals surface area contributed by atoms with Gasteiger partial charge in [-0.3, -0.25) is 15.3 Å². The number of ketones is 1. The van der Waals surface area contributed by atoms with E-state index >= 15 is 4.39 Å². The first-order chi connectivity index (χ1) is 15.5. The number of Topliss-reactive ketones (excluding diaryl/α,β-unsaturated/α-hetero) is 1. The standard InChI is InChI=1S/C23H28FN5O3/c1-17(30)2-4-20-16-29(23(31)32-20)19-3-5-22(21(24)14-19)27-11-10-26-28(13-12-27)15-18-6-8-25-9-7-18/h3,5-9,14,20,26H,2,4,10-13,15-16H2,1H3/t20-/m0/s1. The minimum atomic E-state index is -0.503. The molecule has 9 heteroatoms. The normalized spacial score (nSPS) is 19.7. The van der Waals surface area contributed by atoms with Gasteiger partial charge in [0.15, 0.2) is 0 Å². The summed E-state index contributed by atoms with van der Waals surface area (Å²) < 4.78 is 20.4. The molecule has 1 aromatic carbocycles. The third-order valence-corrected chi connectivity index (χ3v) is 5.76. The molecule has 1 N–H and O–H groups in total. The predicted molar refractivity (Wildman–Crippen MR) is 119 cm³/mol. The fraction of sp³-hybridized carbons (Fsp3) is 0.435. The lowest BCUT2D eigenvalue weighted by molar-refractivity contribution is -0.117. The zero-order chi connectivity index (χ0) is 22.5. The highest BCUT2D eigenvalue weighted by Gasteiger charge is 2.32. The number of aromatic nitrogens is 1. The first-order valence-electron chi connectivity index (χ1n) is 10.9. The van der Waals surface area contributed by atoms with Gasteiger partial charge in [-0.25, -0.2) is 14.2 Å². The van der Waals surface area contributed by atoms with Gasteiger partial charge in [-0.2, -0.15) is 0 Å². The van der Waals surface area contributed by atoms with Crippen molar-refractivity contribution in [1.82, 2.24) is 15.4 Å². The molecule has 32 heavy (non-hydrogen) atoms. The number of benzene rings is 1. The fourth-order valence-corrected chi connectivity index (χ4v) is 4.03. The number of amides is 1. The summed E-state index contributed by atoms with van der Waals surface area (Å²) in [5.41, 5.74) is 5.54. The highest BCUT2D eigenvalue weighted by atomic mass is 19.1. The van der Waals surface area contributed by atoms with E-state index in [9.17, 15) is 9.59 Å². The Bertz CT molecular complexity index is 958. The van der Waals surface area contributed by atoms with Gasteiger partial charge in [0, 0.05) is 51.5 Å². The smallest absolute Gasteiger partial charge is 0.414 e. The molecule has 0 saturated carbocycles. The van der Waals surface area contributed by atoms with Crippen LogP contribution < -0.4 is 15.2 Å². The molecule has 1 atom stereocenters. The van der Waals surface area contributed by atoms with Gasteiger partial charge in [-0.05, 0) is 49.2 Å². The number of rotatable bonds is 7. The van der Waals surface area contributed by atoms with Crippen molar-refractivity contribution in [2.24, 2.45) is 0 Å². The lowest BCUT2D eigenvalue weighted by atomic mass is 10.1. The van der Waals surface area contributed by atoms with Crippen LogP contribution in [0.4, 0.5) is 20.6 Å². The summed E-state index contributed by atoms with van der Waals surface area (Å²) in [5.74, 6) is -0.314. The molecule has 2 aliphatic rings. The average molecular weight is 442 g/mol. The summed E-state index contributed by atoms with van der Waals surface area (Å²) >= 11 is 0. The second-order valence-electron chi connectivity index (χ2n) is 8.16. The fourth-order valence-electron chi connectivity index (χ4n) is 4.03. The van der Waals surface area contributed by atoms with E-state index in [2.05, 4.69) is 15.4 Å². The Balaban J connectivity index is 1.38. The van der Waals surface area contributed by atoms with Crippen LogP contribution >= 0.6 is 0 Å². The van der Waals surface area contributed by atoms with E-state index in [0.29, 0.717) is 50.4 Å². The van der Waals surface area contributed by atoms with Gasteiger partial charge in [-0.15, -0.1) is 0 Å². The zero-order valence-corrected chi connectivity index (χ0v) is 18.2. The van der Waals surface area contributed by atoms with Crippen LogP contribution in [0.2, 0.25) is 0 Å². The molecule has 2 saturated heterocycles. The number of nitrogens with one attached hydrogen (secondary N) is 1. The topological polar surface area (TPSA) is 78.0 Å². The number of ether oxygens (including phenoxy) is 1. The van der Waals surface area contributed by atoms with Gasteiger partial charge in [-0.1, -0.05) is 0 Å². The number of carbonyl (C=O) groups excluding carboxylic acids is 2. The number of halogens is 1. The first kappa shape index (κ1) is 22.2. The van der Waals surface area contributed by atoms with Gasteiger partial charge in [0.2, 0.25) is 0 Å². The summed E-state index contributed by atoms with van der Waals surface area (Å²) in [6.45, 7) is 5.36. The van der Waals surface area contributed by atoms with E-state index in [1.54, 1.807) is 24.5 Å².